The Kier molecular flexibility index (Phi) is 8.83. The first-order valence-corrected chi connectivity index (χ1v) is 9.61. The Hall–Kier alpha value is -2.22. The third-order valence-corrected chi connectivity index (χ3v) is 5.02. The van der Waals surface area contributed by atoms with Gasteiger partial charge >= 0.3 is 0 Å². The van der Waals surface area contributed by atoms with Gasteiger partial charge in [-0.2, -0.15) is 10.5 Å². The van der Waals surface area contributed by atoms with E-state index in [1.165, 1.54) is 0 Å². The predicted octanol–water partition coefficient (Wildman–Crippen LogP) is 2.07. The molecule has 6 nitrogen and oxygen atoms in total. The molecule has 0 saturated carbocycles. The van der Waals surface area contributed by atoms with Crippen molar-refractivity contribution in [2.24, 2.45) is 0 Å². The van der Waals surface area contributed by atoms with Gasteiger partial charge in [-0.05, 0) is 31.7 Å². The number of hydrogen-bond donors (Lipinski definition) is 0. The first-order chi connectivity index (χ1) is 11.9. The predicted molar refractivity (Wildman–Crippen MR) is 96.9 cm³/mol. The molecule has 0 unspecified atom stereocenters. The van der Waals surface area contributed by atoms with Gasteiger partial charge in [0.2, 0.25) is 5.91 Å². The lowest BCUT2D eigenvalue weighted by atomic mass is 10.1. The molecule has 0 fully saturated rings. The summed E-state index contributed by atoms with van der Waals surface area (Å²) in [4.78, 5) is 16.7. The summed E-state index contributed by atoms with van der Waals surface area (Å²) in [6.07, 6.45) is 2.15. The first-order valence-electron chi connectivity index (χ1n) is 8.06. The number of carbonyl (C=O) groups is 1. The van der Waals surface area contributed by atoms with E-state index in [4.69, 9.17) is 10.5 Å². The van der Waals surface area contributed by atoms with Gasteiger partial charge in [-0.1, -0.05) is 12.1 Å². The molecule has 7 heteroatoms. The molecule has 0 saturated heterocycles. The maximum atomic E-state index is 12.5. The second-order valence-corrected chi connectivity index (χ2v) is 7.19. The van der Waals surface area contributed by atoms with Crippen LogP contribution in [0.1, 0.15) is 31.4 Å². The minimum absolute atomic E-state index is 0.0112. The van der Waals surface area contributed by atoms with Crippen LogP contribution in [-0.4, -0.2) is 52.9 Å². The zero-order valence-corrected chi connectivity index (χ0v) is 15.8. The van der Waals surface area contributed by atoms with Gasteiger partial charge < -0.3 is 4.90 Å². The Labute approximate surface area is 152 Å². The summed E-state index contributed by atoms with van der Waals surface area (Å²) in [6, 6.07) is 11.6. The molecule has 0 heterocycles. The zero-order chi connectivity index (χ0) is 18.8. The Morgan fingerprint density at radius 1 is 1.16 bits per heavy atom. The molecule has 0 bridgehead atoms. The smallest absolute Gasteiger partial charge is 0.236 e. The van der Waals surface area contributed by atoms with Crippen LogP contribution < -0.4 is 0 Å². The van der Waals surface area contributed by atoms with E-state index in [0.717, 1.165) is 10.5 Å². The molecule has 0 N–H and O–H groups in total. The Morgan fingerprint density at radius 2 is 1.68 bits per heavy atom. The monoisotopic (exact) mass is 360 g/mol. The van der Waals surface area contributed by atoms with Crippen LogP contribution in [0.3, 0.4) is 0 Å². The van der Waals surface area contributed by atoms with E-state index < -0.39 is 10.8 Å². The highest BCUT2D eigenvalue weighted by atomic mass is 32.2. The number of benzene rings is 1. The number of amides is 1. The van der Waals surface area contributed by atoms with Gasteiger partial charge in [-0.25, -0.2) is 0 Å². The average Bonchev–Trinajstić information content (AvgIpc) is 2.61. The number of nitriles is 2. The highest BCUT2D eigenvalue weighted by Gasteiger charge is 2.19. The molecule has 0 aliphatic carbocycles. The first kappa shape index (κ1) is 20.8. The molecule has 134 valence electrons. The van der Waals surface area contributed by atoms with E-state index in [0.29, 0.717) is 13.1 Å². The van der Waals surface area contributed by atoms with Gasteiger partial charge in [0.15, 0.2) is 0 Å². The quantitative estimate of drug-likeness (QED) is 0.673. The van der Waals surface area contributed by atoms with Crippen LogP contribution in [0.4, 0.5) is 0 Å². The van der Waals surface area contributed by atoms with E-state index in [-0.39, 0.29) is 31.3 Å². The van der Waals surface area contributed by atoms with Gasteiger partial charge in [0.25, 0.3) is 0 Å². The van der Waals surface area contributed by atoms with Crippen LogP contribution in [0.5, 0.6) is 0 Å². The highest BCUT2D eigenvalue weighted by molar-refractivity contribution is 7.84. The fourth-order valence-corrected chi connectivity index (χ4v) is 2.89. The van der Waals surface area contributed by atoms with Crippen molar-refractivity contribution in [3.8, 4) is 12.1 Å². The third kappa shape index (κ3) is 6.66. The summed E-state index contributed by atoms with van der Waals surface area (Å²) in [6.45, 7) is 2.89. The van der Waals surface area contributed by atoms with Crippen molar-refractivity contribution in [1.82, 2.24) is 9.80 Å². The van der Waals surface area contributed by atoms with Crippen LogP contribution >= 0.6 is 0 Å². The third-order valence-electron chi connectivity index (χ3n) is 4.08. The molecule has 0 radical (unpaired) electrons. The molecule has 0 aliphatic rings. The molecular weight excluding hydrogens is 336 g/mol. The minimum atomic E-state index is -1.01. The molecule has 0 spiro atoms. The van der Waals surface area contributed by atoms with Gasteiger partial charge in [-0.15, -0.1) is 0 Å². The number of likely N-dealkylation sites (N-methyl/N-ethyl adjacent to an activating group) is 1. The van der Waals surface area contributed by atoms with Crippen LogP contribution in [0, 0.1) is 22.7 Å². The normalized spacial score (nSPS) is 12.9. The maximum Gasteiger partial charge on any atom is 0.236 e. The summed E-state index contributed by atoms with van der Waals surface area (Å²) in [5.74, 6) is -0.0915. The van der Waals surface area contributed by atoms with Gasteiger partial charge in [0.05, 0.1) is 31.5 Å². The van der Waals surface area contributed by atoms with E-state index in [1.807, 2.05) is 55.3 Å². The summed E-state index contributed by atoms with van der Waals surface area (Å²) in [7, 11) is 0.852. The maximum absolute atomic E-state index is 12.5. The SMILES string of the molecule is C[C@H](c1ccc([S@@](C)=O)cc1)N(C)CC(=O)N(CCC#N)CCC#N. The lowest BCUT2D eigenvalue weighted by Crippen LogP contribution is -2.40. The Bertz CT molecular complexity index is 658. The van der Waals surface area contributed by atoms with Crippen molar-refractivity contribution in [2.75, 3.05) is 32.9 Å². The molecule has 1 aromatic rings. The summed E-state index contributed by atoms with van der Waals surface area (Å²) in [5.41, 5.74) is 1.03. The molecule has 0 aromatic heterocycles. The molecule has 0 aliphatic heterocycles. The van der Waals surface area contributed by atoms with Crippen molar-refractivity contribution < 1.29 is 9.00 Å². The van der Waals surface area contributed by atoms with Crippen molar-refractivity contribution in [3.05, 3.63) is 29.8 Å². The van der Waals surface area contributed by atoms with Crippen molar-refractivity contribution in [3.63, 3.8) is 0 Å². The fourth-order valence-electron chi connectivity index (χ4n) is 2.37. The minimum Gasteiger partial charge on any atom is -0.340 e. The summed E-state index contributed by atoms with van der Waals surface area (Å²) >= 11 is 0. The standard InChI is InChI=1S/C18H24N4O2S/c1-15(16-6-8-17(9-7-16)25(3)24)21(2)14-18(23)22(12-4-10-19)13-5-11-20/h6-9,15H,4-5,12-14H2,1-3H3/t15-,25-/m1/s1. The average molecular weight is 360 g/mol. The van der Waals surface area contributed by atoms with Crippen molar-refractivity contribution in [2.45, 2.75) is 30.7 Å². The molecule has 25 heavy (non-hydrogen) atoms. The lowest BCUT2D eigenvalue weighted by Gasteiger charge is -2.28. The van der Waals surface area contributed by atoms with E-state index in [2.05, 4.69) is 0 Å². The van der Waals surface area contributed by atoms with Crippen LogP contribution in [0.25, 0.3) is 0 Å². The van der Waals surface area contributed by atoms with E-state index in [1.54, 1.807) is 11.2 Å². The fraction of sp³-hybridized carbons (Fsp3) is 0.500. The Morgan fingerprint density at radius 3 is 2.12 bits per heavy atom. The number of hydrogen-bond acceptors (Lipinski definition) is 5. The second kappa shape index (κ2) is 10.6. The Balaban J connectivity index is 2.72. The number of carbonyl (C=O) groups excluding carboxylic acids is 1. The summed E-state index contributed by atoms with van der Waals surface area (Å²) < 4.78 is 11.5. The van der Waals surface area contributed by atoms with Crippen molar-refractivity contribution in [1.29, 1.82) is 10.5 Å². The van der Waals surface area contributed by atoms with Gasteiger partial charge in [0.1, 0.15) is 0 Å². The largest absolute Gasteiger partial charge is 0.340 e. The van der Waals surface area contributed by atoms with Crippen LogP contribution in [0.15, 0.2) is 29.2 Å². The van der Waals surface area contributed by atoms with E-state index in [9.17, 15) is 9.00 Å². The topological polar surface area (TPSA) is 88.2 Å². The van der Waals surface area contributed by atoms with Crippen LogP contribution in [-0.2, 0) is 15.6 Å². The number of nitrogens with zero attached hydrogens (tertiary/aromatic N) is 4. The number of rotatable bonds is 9. The molecule has 2 atom stereocenters. The molecule has 1 rings (SSSR count). The molecule has 1 aromatic carbocycles. The molecular formula is C18H24N4O2S. The van der Waals surface area contributed by atoms with Crippen molar-refractivity contribution >= 4 is 16.7 Å². The highest BCUT2D eigenvalue weighted by Crippen LogP contribution is 2.20. The zero-order valence-electron chi connectivity index (χ0n) is 14.9. The van der Waals surface area contributed by atoms with Gasteiger partial charge in [0, 0.05) is 41.1 Å². The summed E-state index contributed by atoms with van der Waals surface area (Å²) in [5, 5.41) is 17.4. The van der Waals surface area contributed by atoms with E-state index >= 15 is 0 Å². The lowest BCUT2D eigenvalue weighted by molar-refractivity contribution is -0.132. The van der Waals surface area contributed by atoms with Gasteiger partial charge in [-0.3, -0.25) is 13.9 Å². The molecule has 1 amide bonds. The van der Waals surface area contributed by atoms with Crippen LogP contribution in [0.2, 0.25) is 0 Å². The second-order valence-electron chi connectivity index (χ2n) is 5.81.